The average Bonchev–Trinajstić information content (AvgIpc) is 2.24. The lowest BCUT2D eigenvalue weighted by molar-refractivity contribution is 0.150. The van der Waals surface area contributed by atoms with E-state index in [2.05, 4.69) is 26.1 Å². The van der Waals surface area contributed by atoms with E-state index in [0.29, 0.717) is 11.0 Å². The fourth-order valence-corrected chi connectivity index (χ4v) is 3.09. The molecule has 0 bridgehead atoms. The average molecular weight is 195 g/mol. The molecule has 1 spiro atoms. The van der Waals surface area contributed by atoms with Gasteiger partial charge in [-0.3, -0.25) is 0 Å². The topological polar surface area (TPSA) is 12.0 Å². The van der Waals surface area contributed by atoms with Crippen LogP contribution in [0.1, 0.15) is 59.3 Å². The van der Waals surface area contributed by atoms with Gasteiger partial charge in [-0.1, -0.05) is 27.2 Å². The largest absolute Gasteiger partial charge is 0.311 e. The summed E-state index contributed by atoms with van der Waals surface area (Å²) in [6.45, 7) is 8.55. The van der Waals surface area contributed by atoms with Crippen molar-refractivity contribution < 1.29 is 0 Å². The first kappa shape index (κ1) is 10.5. The molecule has 0 aromatic heterocycles. The summed E-state index contributed by atoms with van der Waals surface area (Å²) < 4.78 is 0. The van der Waals surface area contributed by atoms with E-state index in [1.807, 2.05) is 0 Å². The number of hydrogen-bond acceptors (Lipinski definition) is 1. The summed E-state index contributed by atoms with van der Waals surface area (Å²) in [5.41, 5.74) is 1.19. The van der Waals surface area contributed by atoms with Crippen molar-refractivity contribution in [2.45, 2.75) is 64.8 Å². The molecule has 1 aliphatic heterocycles. The minimum Gasteiger partial charge on any atom is -0.311 e. The highest BCUT2D eigenvalue weighted by atomic mass is 15.0. The van der Waals surface area contributed by atoms with Gasteiger partial charge in [0.2, 0.25) is 0 Å². The molecule has 2 unspecified atom stereocenters. The van der Waals surface area contributed by atoms with Gasteiger partial charge in [0, 0.05) is 5.54 Å². The standard InChI is InChI=1S/C13H25N/c1-11(2)12(3)5-4-6-13(8-7-12)9-10-14-13/h11,14H,4-10H2,1-3H3. The predicted octanol–water partition coefficient (Wildman–Crippen LogP) is 3.34. The smallest absolute Gasteiger partial charge is 0.0193 e. The third-order valence-electron chi connectivity index (χ3n) is 5.08. The molecule has 2 rings (SSSR count). The Hall–Kier alpha value is -0.0400. The fraction of sp³-hybridized carbons (Fsp3) is 1.00. The summed E-state index contributed by atoms with van der Waals surface area (Å²) in [7, 11) is 0. The summed E-state index contributed by atoms with van der Waals surface area (Å²) in [5.74, 6) is 0.845. The minimum absolute atomic E-state index is 0.576. The third-order valence-corrected chi connectivity index (χ3v) is 5.08. The Bertz CT molecular complexity index is 205. The summed E-state index contributed by atoms with van der Waals surface area (Å²) in [6, 6.07) is 0. The molecule has 82 valence electrons. The summed E-state index contributed by atoms with van der Waals surface area (Å²) in [6.07, 6.45) is 8.58. The number of nitrogens with one attached hydrogen (secondary N) is 1. The molecule has 1 N–H and O–H groups in total. The Morgan fingerprint density at radius 3 is 2.21 bits per heavy atom. The Labute approximate surface area is 88.7 Å². The van der Waals surface area contributed by atoms with Gasteiger partial charge >= 0.3 is 0 Å². The lowest BCUT2D eigenvalue weighted by Gasteiger charge is -2.43. The van der Waals surface area contributed by atoms with Gasteiger partial charge < -0.3 is 5.32 Å². The van der Waals surface area contributed by atoms with E-state index in [1.54, 1.807) is 0 Å². The van der Waals surface area contributed by atoms with Crippen LogP contribution in [-0.4, -0.2) is 12.1 Å². The highest BCUT2D eigenvalue weighted by molar-refractivity contribution is 5.00. The molecular formula is C13H25N. The first-order valence-corrected chi connectivity index (χ1v) is 6.31. The van der Waals surface area contributed by atoms with Crippen molar-refractivity contribution in [1.82, 2.24) is 5.32 Å². The van der Waals surface area contributed by atoms with Crippen LogP contribution in [0.15, 0.2) is 0 Å². The molecule has 2 fully saturated rings. The zero-order chi connectivity index (χ0) is 10.2. The van der Waals surface area contributed by atoms with E-state index in [1.165, 1.54) is 45.1 Å². The van der Waals surface area contributed by atoms with Crippen LogP contribution in [-0.2, 0) is 0 Å². The minimum atomic E-state index is 0.576. The monoisotopic (exact) mass is 195 g/mol. The van der Waals surface area contributed by atoms with E-state index in [9.17, 15) is 0 Å². The van der Waals surface area contributed by atoms with Gasteiger partial charge in [0.1, 0.15) is 0 Å². The van der Waals surface area contributed by atoms with Gasteiger partial charge in [-0.05, 0) is 50.0 Å². The van der Waals surface area contributed by atoms with E-state index in [0.717, 1.165) is 5.92 Å². The molecule has 2 aliphatic rings. The molecular weight excluding hydrogens is 170 g/mol. The predicted molar refractivity (Wildman–Crippen MR) is 61.4 cm³/mol. The van der Waals surface area contributed by atoms with Crippen molar-refractivity contribution in [2.24, 2.45) is 11.3 Å². The van der Waals surface area contributed by atoms with Crippen LogP contribution in [0.4, 0.5) is 0 Å². The molecule has 0 radical (unpaired) electrons. The normalized spacial score (nSPS) is 43.7. The van der Waals surface area contributed by atoms with Crippen molar-refractivity contribution in [3.05, 3.63) is 0 Å². The lowest BCUT2D eigenvalue weighted by atomic mass is 9.72. The Morgan fingerprint density at radius 1 is 1.00 bits per heavy atom. The first-order valence-electron chi connectivity index (χ1n) is 6.31. The van der Waals surface area contributed by atoms with E-state index >= 15 is 0 Å². The van der Waals surface area contributed by atoms with Gasteiger partial charge in [-0.25, -0.2) is 0 Å². The molecule has 2 atom stereocenters. The zero-order valence-electron chi connectivity index (χ0n) is 10.0. The third kappa shape index (κ3) is 1.71. The number of hydrogen-bond donors (Lipinski definition) is 1. The van der Waals surface area contributed by atoms with Crippen LogP contribution < -0.4 is 5.32 Å². The maximum atomic E-state index is 3.68. The van der Waals surface area contributed by atoms with Gasteiger partial charge in [-0.15, -0.1) is 0 Å². The molecule has 1 heteroatoms. The fourth-order valence-electron chi connectivity index (χ4n) is 3.09. The SMILES string of the molecule is CC(C)C1(C)CCCC2(CCN2)CC1. The van der Waals surface area contributed by atoms with Crippen LogP contribution in [0.5, 0.6) is 0 Å². The van der Waals surface area contributed by atoms with Gasteiger partial charge in [0.25, 0.3) is 0 Å². The van der Waals surface area contributed by atoms with E-state index < -0.39 is 0 Å². The zero-order valence-corrected chi connectivity index (χ0v) is 10.0. The summed E-state index contributed by atoms with van der Waals surface area (Å²) >= 11 is 0. The molecule has 1 saturated carbocycles. The molecule has 0 aromatic carbocycles. The highest BCUT2D eigenvalue weighted by Crippen LogP contribution is 2.45. The Kier molecular flexibility index (Phi) is 2.63. The van der Waals surface area contributed by atoms with Crippen LogP contribution in [0.3, 0.4) is 0 Å². The summed E-state index contributed by atoms with van der Waals surface area (Å²) in [5, 5.41) is 3.68. The maximum Gasteiger partial charge on any atom is 0.0193 e. The van der Waals surface area contributed by atoms with Crippen molar-refractivity contribution >= 4 is 0 Å². The van der Waals surface area contributed by atoms with E-state index in [4.69, 9.17) is 0 Å². The highest BCUT2D eigenvalue weighted by Gasteiger charge is 2.41. The first-order chi connectivity index (χ1) is 6.56. The van der Waals surface area contributed by atoms with E-state index in [-0.39, 0.29) is 0 Å². The molecule has 0 aromatic rings. The van der Waals surface area contributed by atoms with Gasteiger partial charge in [0.05, 0.1) is 0 Å². The molecule has 1 saturated heterocycles. The van der Waals surface area contributed by atoms with Gasteiger partial charge in [0.15, 0.2) is 0 Å². The van der Waals surface area contributed by atoms with Crippen LogP contribution in [0.25, 0.3) is 0 Å². The van der Waals surface area contributed by atoms with Crippen LogP contribution in [0, 0.1) is 11.3 Å². The second-order valence-electron chi connectivity index (χ2n) is 6.12. The van der Waals surface area contributed by atoms with Crippen LogP contribution in [0.2, 0.25) is 0 Å². The second kappa shape index (κ2) is 3.52. The Balaban J connectivity index is 2.00. The molecule has 1 aliphatic carbocycles. The molecule has 1 heterocycles. The maximum absolute atomic E-state index is 3.68. The van der Waals surface area contributed by atoms with Crippen molar-refractivity contribution in [2.75, 3.05) is 6.54 Å². The second-order valence-corrected chi connectivity index (χ2v) is 6.12. The Morgan fingerprint density at radius 2 is 1.71 bits per heavy atom. The quantitative estimate of drug-likeness (QED) is 0.676. The summed E-state index contributed by atoms with van der Waals surface area (Å²) in [4.78, 5) is 0. The van der Waals surface area contributed by atoms with Crippen molar-refractivity contribution in [1.29, 1.82) is 0 Å². The molecule has 14 heavy (non-hydrogen) atoms. The molecule has 0 amide bonds. The van der Waals surface area contributed by atoms with Gasteiger partial charge in [-0.2, -0.15) is 0 Å². The van der Waals surface area contributed by atoms with Crippen molar-refractivity contribution in [3.8, 4) is 0 Å². The number of rotatable bonds is 1. The van der Waals surface area contributed by atoms with Crippen molar-refractivity contribution in [3.63, 3.8) is 0 Å². The molecule has 1 nitrogen and oxygen atoms in total. The lowest BCUT2D eigenvalue weighted by Crippen LogP contribution is -2.56. The van der Waals surface area contributed by atoms with Crippen LogP contribution >= 0.6 is 0 Å².